The Balaban J connectivity index is 1.87. The standard InChI is InChI=1S/C21H15BrO3/c22-18-13-11-17(12-14-18)20(23)25-21(24)19(15-7-3-1-4-8-15)16-9-5-2-6-10-16/h1-14,19H. The maximum Gasteiger partial charge on any atom is 0.345 e. The number of carbonyl (C=O) groups is 2. The number of benzene rings is 3. The molecule has 0 amide bonds. The molecule has 0 bridgehead atoms. The largest absolute Gasteiger partial charge is 0.389 e. The first-order valence-corrected chi connectivity index (χ1v) is 8.56. The topological polar surface area (TPSA) is 43.4 Å². The van der Waals surface area contributed by atoms with Gasteiger partial charge in [-0.1, -0.05) is 76.6 Å². The van der Waals surface area contributed by atoms with Crippen LogP contribution in [0.15, 0.2) is 89.4 Å². The van der Waals surface area contributed by atoms with Crippen molar-refractivity contribution in [1.82, 2.24) is 0 Å². The molecule has 0 saturated heterocycles. The van der Waals surface area contributed by atoms with Gasteiger partial charge in [0, 0.05) is 4.47 Å². The maximum absolute atomic E-state index is 12.7. The summed E-state index contributed by atoms with van der Waals surface area (Å²) >= 11 is 3.31. The van der Waals surface area contributed by atoms with Crippen LogP contribution in [0, 0.1) is 0 Å². The summed E-state index contributed by atoms with van der Waals surface area (Å²) in [6, 6.07) is 25.3. The van der Waals surface area contributed by atoms with E-state index in [9.17, 15) is 9.59 Å². The second kappa shape index (κ2) is 7.90. The summed E-state index contributed by atoms with van der Waals surface area (Å²) in [5.74, 6) is -1.90. The van der Waals surface area contributed by atoms with Crippen molar-refractivity contribution in [2.45, 2.75) is 5.92 Å². The van der Waals surface area contributed by atoms with Crippen molar-refractivity contribution in [3.63, 3.8) is 0 Å². The Bertz CT molecular complexity index is 819. The first-order valence-electron chi connectivity index (χ1n) is 7.76. The Kier molecular flexibility index (Phi) is 5.41. The highest BCUT2D eigenvalue weighted by Crippen LogP contribution is 2.26. The van der Waals surface area contributed by atoms with Gasteiger partial charge in [-0.25, -0.2) is 4.79 Å². The Morgan fingerprint density at radius 2 is 1.20 bits per heavy atom. The van der Waals surface area contributed by atoms with Crippen molar-refractivity contribution in [2.24, 2.45) is 0 Å². The normalized spacial score (nSPS) is 10.5. The lowest BCUT2D eigenvalue weighted by Crippen LogP contribution is -2.21. The lowest BCUT2D eigenvalue weighted by atomic mass is 9.91. The van der Waals surface area contributed by atoms with Crippen LogP contribution in [0.1, 0.15) is 27.4 Å². The number of carbonyl (C=O) groups excluding carboxylic acids is 2. The van der Waals surface area contributed by atoms with Crippen LogP contribution in [0.3, 0.4) is 0 Å². The summed E-state index contributed by atoms with van der Waals surface area (Å²) in [6.07, 6.45) is 0. The summed E-state index contributed by atoms with van der Waals surface area (Å²) in [5.41, 5.74) is 1.89. The number of halogens is 1. The third-order valence-corrected chi connectivity index (χ3v) is 4.30. The molecule has 0 aliphatic heterocycles. The monoisotopic (exact) mass is 394 g/mol. The number of ether oxygens (including phenoxy) is 1. The minimum Gasteiger partial charge on any atom is -0.389 e. The molecule has 25 heavy (non-hydrogen) atoms. The van der Waals surface area contributed by atoms with E-state index in [0.29, 0.717) is 5.56 Å². The van der Waals surface area contributed by atoms with Gasteiger partial charge in [0.05, 0.1) is 5.56 Å². The van der Waals surface area contributed by atoms with Crippen LogP contribution in [-0.4, -0.2) is 11.9 Å². The van der Waals surface area contributed by atoms with E-state index in [0.717, 1.165) is 15.6 Å². The Hall–Kier alpha value is -2.72. The molecule has 0 N–H and O–H groups in total. The van der Waals surface area contributed by atoms with Crippen LogP contribution >= 0.6 is 15.9 Å². The molecule has 0 fully saturated rings. The van der Waals surface area contributed by atoms with E-state index in [1.165, 1.54) is 0 Å². The fraction of sp³-hybridized carbons (Fsp3) is 0.0476. The summed E-state index contributed by atoms with van der Waals surface area (Å²) in [7, 11) is 0. The average molecular weight is 395 g/mol. The summed E-state index contributed by atoms with van der Waals surface area (Å²) in [5, 5.41) is 0. The minimum atomic E-state index is -0.658. The lowest BCUT2D eigenvalue weighted by molar-refractivity contribution is -0.138. The third kappa shape index (κ3) is 4.22. The van der Waals surface area contributed by atoms with Gasteiger partial charge in [0.25, 0.3) is 0 Å². The summed E-state index contributed by atoms with van der Waals surface area (Å²) in [4.78, 5) is 25.0. The first kappa shape index (κ1) is 17.1. The van der Waals surface area contributed by atoms with Crippen molar-refractivity contribution >= 4 is 27.9 Å². The molecule has 0 aromatic heterocycles. The van der Waals surface area contributed by atoms with Crippen molar-refractivity contribution in [3.8, 4) is 0 Å². The summed E-state index contributed by atoms with van der Waals surface area (Å²) in [6.45, 7) is 0. The van der Waals surface area contributed by atoms with Gasteiger partial charge in [-0.2, -0.15) is 0 Å². The highest BCUT2D eigenvalue weighted by atomic mass is 79.9. The molecule has 0 radical (unpaired) electrons. The third-order valence-electron chi connectivity index (χ3n) is 3.77. The van der Waals surface area contributed by atoms with Crippen LogP contribution < -0.4 is 0 Å². The van der Waals surface area contributed by atoms with Crippen LogP contribution in [-0.2, 0) is 9.53 Å². The SMILES string of the molecule is O=C(OC(=O)C(c1ccccc1)c1ccccc1)c1ccc(Br)cc1. The molecular weight excluding hydrogens is 380 g/mol. The molecular formula is C21H15BrO3. The predicted molar refractivity (Wildman–Crippen MR) is 99.3 cm³/mol. The highest BCUT2D eigenvalue weighted by Gasteiger charge is 2.26. The van der Waals surface area contributed by atoms with Crippen LogP contribution in [0.4, 0.5) is 0 Å². The molecule has 124 valence electrons. The Morgan fingerprint density at radius 1 is 0.720 bits per heavy atom. The molecule has 0 saturated carbocycles. The van der Waals surface area contributed by atoms with Gasteiger partial charge in [0.2, 0.25) is 0 Å². The molecule has 4 heteroatoms. The van der Waals surface area contributed by atoms with Crippen molar-refractivity contribution in [3.05, 3.63) is 106 Å². The molecule has 0 aliphatic carbocycles. The van der Waals surface area contributed by atoms with Gasteiger partial charge in [0.15, 0.2) is 0 Å². The van der Waals surface area contributed by atoms with Gasteiger partial charge >= 0.3 is 11.9 Å². The van der Waals surface area contributed by atoms with E-state index in [4.69, 9.17) is 4.74 Å². The maximum atomic E-state index is 12.7. The quantitative estimate of drug-likeness (QED) is 0.463. The van der Waals surface area contributed by atoms with Gasteiger partial charge in [0.1, 0.15) is 5.92 Å². The van der Waals surface area contributed by atoms with E-state index < -0.39 is 17.9 Å². The number of esters is 2. The highest BCUT2D eigenvalue weighted by molar-refractivity contribution is 9.10. The molecule has 3 aromatic rings. The molecule has 0 unspecified atom stereocenters. The van der Waals surface area contributed by atoms with Gasteiger partial charge < -0.3 is 4.74 Å². The first-order chi connectivity index (χ1) is 12.1. The second-order valence-electron chi connectivity index (χ2n) is 5.47. The van der Waals surface area contributed by atoms with Crippen LogP contribution in [0.25, 0.3) is 0 Å². The average Bonchev–Trinajstić information content (AvgIpc) is 2.64. The van der Waals surface area contributed by atoms with Gasteiger partial charge in [-0.15, -0.1) is 0 Å². The fourth-order valence-corrected chi connectivity index (χ4v) is 2.82. The lowest BCUT2D eigenvalue weighted by Gasteiger charge is -2.16. The molecule has 3 rings (SSSR count). The molecule has 3 aromatic carbocycles. The minimum absolute atomic E-state index is 0.330. The zero-order chi connectivity index (χ0) is 17.6. The number of hydrogen-bond acceptors (Lipinski definition) is 3. The van der Waals surface area contributed by atoms with Crippen molar-refractivity contribution in [2.75, 3.05) is 0 Å². The van der Waals surface area contributed by atoms with Crippen LogP contribution in [0.2, 0.25) is 0 Å². The molecule has 0 aliphatic rings. The van der Waals surface area contributed by atoms with Crippen molar-refractivity contribution < 1.29 is 14.3 Å². The zero-order valence-electron chi connectivity index (χ0n) is 13.3. The van der Waals surface area contributed by atoms with Gasteiger partial charge in [-0.05, 0) is 35.4 Å². The Labute approximate surface area is 154 Å². The van der Waals surface area contributed by atoms with E-state index in [1.807, 2.05) is 60.7 Å². The smallest absolute Gasteiger partial charge is 0.345 e. The zero-order valence-corrected chi connectivity index (χ0v) is 14.8. The second-order valence-corrected chi connectivity index (χ2v) is 6.39. The number of hydrogen-bond donors (Lipinski definition) is 0. The van der Waals surface area contributed by atoms with E-state index in [-0.39, 0.29) is 0 Å². The van der Waals surface area contributed by atoms with Crippen LogP contribution in [0.5, 0.6) is 0 Å². The molecule has 0 atom stereocenters. The molecule has 3 nitrogen and oxygen atoms in total. The fourth-order valence-electron chi connectivity index (χ4n) is 2.55. The molecule has 0 heterocycles. The number of rotatable bonds is 4. The van der Waals surface area contributed by atoms with Crippen molar-refractivity contribution in [1.29, 1.82) is 0 Å². The van der Waals surface area contributed by atoms with E-state index in [2.05, 4.69) is 15.9 Å². The Morgan fingerprint density at radius 3 is 1.68 bits per heavy atom. The summed E-state index contributed by atoms with van der Waals surface area (Å²) < 4.78 is 6.00. The predicted octanol–water partition coefficient (Wildman–Crippen LogP) is 4.96. The van der Waals surface area contributed by atoms with E-state index in [1.54, 1.807) is 24.3 Å². The van der Waals surface area contributed by atoms with E-state index >= 15 is 0 Å². The van der Waals surface area contributed by atoms with Gasteiger partial charge in [-0.3, -0.25) is 4.79 Å². The molecule has 0 spiro atoms.